The molecule has 1 aliphatic rings. The molecule has 0 spiro atoms. The summed E-state index contributed by atoms with van der Waals surface area (Å²) in [6, 6.07) is 8.48. The van der Waals surface area contributed by atoms with E-state index in [2.05, 4.69) is 0 Å². The average molecular weight is 307 g/mol. The summed E-state index contributed by atoms with van der Waals surface area (Å²) in [5.41, 5.74) is 7.06. The van der Waals surface area contributed by atoms with Crippen molar-refractivity contribution in [2.45, 2.75) is 44.0 Å². The van der Waals surface area contributed by atoms with Crippen LogP contribution in [0.2, 0.25) is 0 Å². The zero-order valence-electron chi connectivity index (χ0n) is 12.2. The molecule has 0 unspecified atom stereocenters. The second kappa shape index (κ2) is 6.56. The van der Waals surface area contributed by atoms with Gasteiger partial charge in [0.2, 0.25) is 10.0 Å². The predicted octanol–water partition coefficient (Wildman–Crippen LogP) is 1.59. The first-order chi connectivity index (χ1) is 9.94. The fourth-order valence-electron chi connectivity index (χ4n) is 2.83. The summed E-state index contributed by atoms with van der Waals surface area (Å²) in [6.07, 6.45) is 2.71. The Kier molecular flexibility index (Phi) is 4.99. The molecule has 2 rings (SSSR count). The minimum Gasteiger partial charge on any atom is -0.326 e. The fourth-order valence-corrected chi connectivity index (χ4v) is 4.71. The Bertz CT molecular complexity index is 635. The molecule has 0 aromatic heterocycles. The number of nitrogens with two attached hydrogens (primary N) is 1. The van der Waals surface area contributed by atoms with Crippen LogP contribution in [0.1, 0.15) is 37.3 Å². The number of piperidine rings is 1. The molecule has 114 valence electrons. The van der Waals surface area contributed by atoms with Gasteiger partial charge in [-0.05, 0) is 37.5 Å². The Morgan fingerprint density at radius 2 is 2.24 bits per heavy atom. The van der Waals surface area contributed by atoms with Gasteiger partial charge in [-0.25, -0.2) is 8.42 Å². The van der Waals surface area contributed by atoms with Crippen LogP contribution in [0.4, 0.5) is 0 Å². The number of rotatable bonds is 4. The highest BCUT2D eigenvalue weighted by Crippen LogP contribution is 2.24. The topological polar surface area (TPSA) is 87.2 Å². The van der Waals surface area contributed by atoms with Gasteiger partial charge >= 0.3 is 0 Å². The van der Waals surface area contributed by atoms with Crippen LogP contribution >= 0.6 is 0 Å². The molecule has 0 saturated carbocycles. The molecule has 1 heterocycles. The van der Waals surface area contributed by atoms with E-state index in [-0.39, 0.29) is 17.8 Å². The Balaban J connectivity index is 2.22. The minimum absolute atomic E-state index is 0.0776. The molecule has 1 aromatic carbocycles. The van der Waals surface area contributed by atoms with Gasteiger partial charge in [-0.3, -0.25) is 0 Å². The monoisotopic (exact) mass is 307 g/mol. The van der Waals surface area contributed by atoms with E-state index in [1.165, 1.54) is 0 Å². The number of hydrogen-bond acceptors (Lipinski definition) is 4. The number of hydrogen-bond donors (Lipinski definition) is 1. The molecule has 5 nitrogen and oxygen atoms in total. The molecule has 21 heavy (non-hydrogen) atoms. The summed E-state index contributed by atoms with van der Waals surface area (Å²) in [7, 11) is -3.41. The quantitative estimate of drug-likeness (QED) is 0.915. The van der Waals surface area contributed by atoms with Crippen molar-refractivity contribution in [1.82, 2.24) is 4.31 Å². The maximum Gasteiger partial charge on any atom is 0.218 e. The van der Waals surface area contributed by atoms with Crippen LogP contribution < -0.4 is 5.73 Å². The summed E-state index contributed by atoms with van der Waals surface area (Å²) in [5.74, 6) is -0.0776. The summed E-state index contributed by atoms with van der Waals surface area (Å²) in [5, 5.41) is 8.90. The normalized spacial score (nSPS) is 21.7. The highest BCUT2D eigenvalue weighted by molar-refractivity contribution is 7.88. The Hall–Kier alpha value is -1.42. The smallest absolute Gasteiger partial charge is 0.218 e. The lowest BCUT2D eigenvalue weighted by Crippen LogP contribution is -2.51. The zero-order chi connectivity index (χ0) is 15.5. The van der Waals surface area contributed by atoms with E-state index >= 15 is 0 Å². The van der Waals surface area contributed by atoms with Gasteiger partial charge in [-0.15, -0.1) is 0 Å². The molecule has 0 amide bonds. The second-order valence-electron chi connectivity index (χ2n) is 5.60. The SMILES string of the molecule is C[C@@H](N)[C@H]1CCCCN1S(=O)(=O)Cc1cccc(C#N)c1. The van der Waals surface area contributed by atoms with Gasteiger partial charge in [-0.1, -0.05) is 18.6 Å². The standard InChI is InChI=1S/C15H21N3O2S/c1-12(17)15-7-2-3-8-18(15)21(19,20)11-14-6-4-5-13(9-14)10-16/h4-6,9,12,15H,2-3,7-8,11,17H2,1H3/t12-,15-/m1/s1. The average Bonchev–Trinajstić information content (AvgIpc) is 2.47. The molecule has 0 radical (unpaired) electrons. The Morgan fingerprint density at radius 1 is 1.48 bits per heavy atom. The van der Waals surface area contributed by atoms with E-state index in [4.69, 9.17) is 11.0 Å². The Labute approximate surface area is 126 Å². The molecule has 0 aliphatic carbocycles. The largest absolute Gasteiger partial charge is 0.326 e. The van der Waals surface area contributed by atoms with Crippen LogP contribution in [-0.4, -0.2) is 31.4 Å². The first-order valence-corrected chi connectivity index (χ1v) is 8.79. The van der Waals surface area contributed by atoms with Crippen LogP contribution in [0.3, 0.4) is 0 Å². The Morgan fingerprint density at radius 3 is 2.90 bits per heavy atom. The van der Waals surface area contributed by atoms with Crippen molar-refractivity contribution in [3.8, 4) is 6.07 Å². The number of benzene rings is 1. The van der Waals surface area contributed by atoms with E-state index < -0.39 is 10.0 Å². The molecule has 1 saturated heterocycles. The van der Waals surface area contributed by atoms with Crippen molar-refractivity contribution >= 4 is 10.0 Å². The third kappa shape index (κ3) is 3.82. The van der Waals surface area contributed by atoms with E-state index in [0.717, 1.165) is 19.3 Å². The first-order valence-electron chi connectivity index (χ1n) is 7.18. The highest BCUT2D eigenvalue weighted by Gasteiger charge is 2.34. The van der Waals surface area contributed by atoms with Crippen LogP contribution in [0.15, 0.2) is 24.3 Å². The van der Waals surface area contributed by atoms with Crippen molar-refractivity contribution in [3.63, 3.8) is 0 Å². The third-order valence-corrected chi connectivity index (χ3v) is 5.73. The van der Waals surface area contributed by atoms with Gasteiger partial charge in [0, 0.05) is 18.6 Å². The van der Waals surface area contributed by atoms with E-state index in [1.54, 1.807) is 28.6 Å². The van der Waals surface area contributed by atoms with Crippen LogP contribution in [-0.2, 0) is 15.8 Å². The van der Waals surface area contributed by atoms with Crippen LogP contribution in [0.5, 0.6) is 0 Å². The van der Waals surface area contributed by atoms with E-state index in [9.17, 15) is 8.42 Å². The lowest BCUT2D eigenvalue weighted by molar-refractivity contribution is 0.227. The van der Waals surface area contributed by atoms with Gasteiger partial charge in [0.15, 0.2) is 0 Å². The maximum absolute atomic E-state index is 12.7. The van der Waals surface area contributed by atoms with Gasteiger partial charge < -0.3 is 5.73 Å². The highest BCUT2D eigenvalue weighted by atomic mass is 32.2. The first kappa shape index (κ1) is 16.0. The lowest BCUT2D eigenvalue weighted by atomic mass is 10.00. The predicted molar refractivity (Wildman–Crippen MR) is 81.8 cm³/mol. The molecule has 1 fully saturated rings. The molecular weight excluding hydrogens is 286 g/mol. The van der Waals surface area contributed by atoms with Crippen molar-refractivity contribution in [2.24, 2.45) is 5.73 Å². The molecule has 2 N–H and O–H groups in total. The summed E-state index contributed by atoms with van der Waals surface area (Å²) < 4.78 is 26.9. The summed E-state index contributed by atoms with van der Waals surface area (Å²) >= 11 is 0. The second-order valence-corrected chi connectivity index (χ2v) is 7.52. The molecule has 1 aliphatic heterocycles. The van der Waals surface area contributed by atoms with Gasteiger partial charge in [0.25, 0.3) is 0 Å². The number of sulfonamides is 1. The van der Waals surface area contributed by atoms with Crippen molar-refractivity contribution in [1.29, 1.82) is 5.26 Å². The zero-order valence-corrected chi connectivity index (χ0v) is 13.0. The van der Waals surface area contributed by atoms with E-state index in [0.29, 0.717) is 17.7 Å². The maximum atomic E-state index is 12.7. The molecular formula is C15H21N3O2S. The minimum atomic E-state index is -3.41. The lowest BCUT2D eigenvalue weighted by Gasteiger charge is -2.36. The van der Waals surface area contributed by atoms with Gasteiger partial charge in [0.1, 0.15) is 0 Å². The van der Waals surface area contributed by atoms with Gasteiger partial charge in [0.05, 0.1) is 17.4 Å². The van der Waals surface area contributed by atoms with Crippen molar-refractivity contribution in [3.05, 3.63) is 35.4 Å². The summed E-state index contributed by atoms with van der Waals surface area (Å²) in [4.78, 5) is 0. The summed E-state index contributed by atoms with van der Waals surface area (Å²) in [6.45, 7) is 2.39. The van der Waals surface area contributed by atoms with E-state index in [1.807, 2.05) is 13.0 Å². The number of nitriles is 1. The third-order valence-electron chi connectivity index (χ3n) is 3.87. The van der Waals surface area contributed by atoms with Crippen LogP contribution in [0, 0.1) is 11.3 Å². The molecule has 1 aromatic rings. The van der Waals surface area contributed by atoms with Gasteiger partial charge in [-0.2, -0.15) is 9.57 Å². The molecule has 2 atom stereocenters. The molecule has 6 heteroatoms. The van der Waals surface area contributed by atoms with Crippen molar-refractivity contribution in [2.75, 3.05) is 6.54 Å². The number of nitrogens with zero attached hydrogens (tertiary/aromatic N) is 2. The van der Waals surface area contributed by atoms with Crippen molar-refractivity contribution < 1.29 is 8.42 Å². The fraction of sp³-hybridized carbons (Fsp3) is 0.533. The van der Waals surface area contributed by atoms with Crippen LogP contribution in [0.25, 0.3) is 0 Å². The molecule has 0 bridgehead atoms.